The van der Waals surface area contributed by atoms with Crippen molar-refractivity contribution in [2.45, 2.75) is 232 Å². The van der Waals surface area contributed by atoms with Crippen molar-refractivity contribution in [2.75, 3.05) is 26.4 Å². The van der Waals surface area contributed by atoms with Gasteiger partial charge in [0.05, 0.1) is 13.2 Å². The summed E-state index contributed by atoms with van der Waals surface area (Å²) in [6.45, 7) is 3.57. The van der Waals surface area contributed by atoms with E-state index in [9.17, 15) is 19.0 Å². The molecule has 0 aliphatic carbocycles. The SMILES string of the molecule is CC/C=C\C/C=C\C/C=C\C/C=C\C/C=C\C/C=C\C/C=C\C/C=C\C/C=C\C/C=C\CCCCCCCCCCC(=O)OC(COC(=O)CCCCCCC/C=C\C/C=C\CCCCCC)COP(=O)(O)OCCN. The standard InChI is InChI=1S/C66H108NO8P/c1-3-5-7-9-11-13-15-17-19-21-22-23-24-25-26-27-28-29-30-31-32-33-34-35-36-37-38-39-40-41-42-43-45-47-49-51-53-55-57-59-66(69)75-64(63-74-76(70,71)73-61-60-67)62-72-65(68)58-56-54-52-50-48-46-44-20-18-16-14-12-10-8-6-4-2/h5,7,11,13-14,16-17,19-20,22-23,25-26,28-29,31-32,34-35,37-38,40-41,44,64H,3-4,6,8-10,12,15,18,21,24,27,30,33,36,39,42-43,45-63,67H2,1-2H3,(H,70,71)/b7-5-,13-11-,16-14-,19-17-,23-22-,26-25-,29-28-,32-31-,35-34-,38-37-,41-40-,44-20-. The molecule has 0 saturated carbocycles. The number of hydrogen-bond donors (Lipinski definition) is 2. The predicted molar refractivity (Wildman–Crippen MR) is 325 cm³/mol. The zero-order chi connectivity index (χ0) is 55.2. The van der Waals surface area contributed by atoms with Gasteiger partial charge in [-0.05, 0) is 122 Å². The van der Waals surface area contributed by atoms with Crippen LogP contribution in [0.15, 0.2) is 146 Å². The van der Waals surface area contributed by atoms with Crippen molar-refractivity contribution in [1.82, 2.24) is 0 Å². The highest BCUT2D eigenvalue weighted by molar-refractivity contribution is 7.47. The zero-order valence-electron chi connectivity index (χ0n) is 47.9. The summed E-state index contributed by atoms with van der Waals surface area (Å²) < 4.78 is 33.0. The molecular weight excluding hydrogens is 966 g/mol. The second-order valence-corrected chi connectivity index (χ2v) is 20.6. The zero-order valence-corrected chi connectivity index (χ0v) is 48.8. The Bertz CT molecular complexity index is 1750. The van der Waals surface area contributed by atoms with E-state index in [4.69, 9.17) is 24.3 Å². The fourth-order valence-corrected chi connectivity index (χ4v) is 8.34. The number of carbonyl (C=O) groups excluding carboxylic acids is 2. The largest absolute Gasteiger partial charge is 0.472 e. The summed E-state index contributed by atoms with van der Waals surface area (Å²) in [7, 11) is -4.40. The summed E-state index contributed by atoms with van der Waals surface area (Å²) in [5.41, 5.74) is 5.38. The molecule has 0 aromatic heterocycles. The lowest BCUT2D eigenvalue weighted by Crippen LogP contribution is -2.29. The van der Waals surface area contributed by atoms with Crippen LogP contribution in [0.1, 0.15) is 226 Å². The lowest BCUT2D eigenvalue weighted by atomic mass is 10.1. The Hall–Kier alpha value is -4.11. The van der Waals surface area contributed by atoms with Crippen molar-refractivity contribution in [3.05, 3.63) is 146 Å². The first-order chi connectivity index (χ1) is 37.3. The molecule has 2 unspecified atom stereocenters. The third-order valence-electron chi connectivity index (χ3n) is 12.0. The molecule has 2 atom stereocenters. The predicted octanol–water partition coefficient (Wildman–Crippen LogP) is 19.1. The first-order valence-electron chi connectivity index (χ1n) is 29.8. The lowest BCUT2D eigenvalue weighted by Gasteiger charge is -2.19. The lowest BCUT2D eigenvalue weighted by molar-refractivity contribution is -0.161. The van der Waals surface area contributed by atoms with E-state index < -0.39 is 32.5 Å². The molecule has 3 N–H and O–H groups in total. The van der Waals surface area contributed by atoms with Crippen LogP contribution in [-0.4, -0.2) is 49.3 Å². The Morgan fingerprint density at radius 2 is 0.724 bits per heavy atom. The average molecular weight is 1070 g/mol. The second kappa shape index (κ2) is 60.1. The van der Waals surface area contributed by atoms with Gasteiger partial charge < -0.3 is 20.1 Å². The van der Waals surface area contributed by atoms with Crippen LogP contribution < -0.4 is 5.73 Å². The number of phosphoric ester groups is 1. The first-order valence-corrected chi connectivity index (χ1v) is 31.3. The van der Waals surface area contributed by atoms with E-state index in [0.717, 1.165) is 128 Å². The molecule has 0 aliphatic heterocycles. The van der Waals surface area contributed by atoms with Crippen molar-refractivity contribution in [2.24, 2.45) is 5.73 Å². The highest BCUT2D eigenvalue weighted by Crippen LogP contribution is 2.43. The van der Waals surface area contributed by atoms with E-state index in [0.29, 0.717) is 12.8 Å². The molecule has 0 spiro atoms. The number of nitrogens with two attached hydrogens (primary N) is 1. The third-order valence-corrected chi connectivity index (χ3v) is 12.9. The Kier molecular flexibility index (Phi) is 56.9. The quantitative estimate of drug-likeness (QED) is 0.0264. The van der Waals surface area contributed by atoms with Crippen LogP contribution in [0.4, 0.5) is 0 Å². The van der Waals surface area contributed by atoms with Crippen LogP contribution in [0.5, 0.6) is 0 Å². The molecule has 0 bridgehead atoms. The van der Waals surface area contributed by atoms with Crippen LogP contribution in [0.3, 0.4) is 0 Å². The topological polar surface area (TPSA) is 134 Å². The van der Waals surface area contributed by atoms with Crippen molar-refractivity contribution in [3.8, 4) is 0 Å². The Morgan fingerprint density at radius 3 is 1.08 bits per heavy atom. The minimum Gasteiger partial charge on any atom is -0.462 e. The van der Waals surface area contributed by atoms with Crippen molar-refractivity contribution in [3.63, 3.8) is 0 Å². The van der Waals surface area contributed by atoms with Crippen LogP contribution in [0.2, 0.25) is 0 Å². The van der Waals surface area contributed by atoms with Gasteiger partial charge in [-0.1, -0.05) is 237 Å². The van der Waals surface area contributed by atoms with Gasteiger partial charge in [0.25, 0.3) is 0 Å². The van der Waals surface area contributed by atoms with Crippen LogP contribution in [0, 0.1) is 0 Å². The molecule has 0 fully saturated rings. The molecule has 10 heteroatoms. The van der Waals surface area contributed by atoms with Gasteiger partial charge in [-0.15, -0.1) is 0 Å². The van der Waals surface area contributed by atoms with Crippen LogP contribution in [-0.2, 0) is 32.7 Å². The smallest absolute Gasteiger partial charge is 0.462 e. The summed E-state index contributed by atoms with van der Waals surface area (Å²) in [6.07, 6.45) is 86.2. The number of rotatable bonds is 54. The molecule has 0 rings (SSSR count). The molecule has 9 nitrogen and oxygen atoms in total. The maximum absolute atomic E-state index is 12.7. The van der Waals surface area contributed by atoms with Gasteiger partial charge in [-0.25, -0.2) is 4.57 Å². The summed E-state index contributed by atoms with van der Waals surface area (Å²) in [6, 6.07) is 0. The molecule has 430 valence electrons. The molecule has 0 aliphatic rings. The first kappa shape index (κ1) is 71.9. The number of allylic oxidation sites excluding steroid dienone is 24. The van der Waals surface area contributed by atoms with Gasteiger partial charge in [0.2, 0.25) is 0 Å². The number of hydrogen-bond acceptors (Lipinski definition) is 8. The maximum atomic E-state index is 12.7. The van der Waals surface area contributed by atoms with E-state index in [-0.39, 0.29) is 32.6 Å². The summed E-state index contributed by atoms with van der Waals surface area (Å²) in [5.74, 6) is -0.862. The average Bonchev–Trinajstić information content (AvgIpc) is 3.41. The van der Waals surface area contributed by atoms with Gasteiger partial charge in [-0.3, -0.25) is 18.6 Å². The summed E-state index contributed by atoms with van der Waals surface area (Å²) in [5, 5.41) is 0. The molecule has 0 aromatic rings. The second-order valence-electron chi connectivity index (χ2n) is 19.1. The van der Waals surface area contributed by atoms with Crippen molar-refractivity contribution < 1.29 is 37.6 Å². The molecule has 0 saturated heterocycles. The minimum atomic E-state index is -4.40. The Labute approximate surface area is 465 Å². The van der Waals surface area contributed by atoms with E-state index in [2.05, 4.69) is 160 Å². The van der Waals surface area contributed by atoms with Gasteiger partial charge in [-0.2, -0.15) is 0 Å². The fourth-order valence-electron chi connectivity index (χ4n) is 7.58. The maximum Gasteiger partial charge on any atom is 0.472 e. The van der Waals surface area contributed by atoms with E-state index in [1.807, 2.05) is 0 Å². The van der Waals surface area contributed by atoms with E-state index in [1.54, 1.807) is 0 Å². The highest BCUT2D eigenvalue weighted by Gasteiger charge is 2.26. The summed E-state index contributed by atoms with van der Waals surface area (Å²) in [4.78, 5) is 35.1. The van der Waals surface area contributed by atoms with Crippen LogP contribution >= 0.6 is 7.82 Å². The normalized spacial score (nSPS) is 14.1. The Balaban J connectivity index is 4.02. The van der Waals surface area contributed by atoms with Gasteiger partial charge in [0, 0.05) is 19.4 Å². The van der Waals surface area contributed by atoms with Crippen LogP contribution in [0.25, 0.3) is 0 Å². The van der Waals surface area contributed by atoms with Crippen molar-refractivity contribution >= 4 is 19.8 Å². The Morgan fingerprint density at radius 1 is 0.408 bits per heavy atom. The minimum absolute atomic E-state index is 0.0428. The summed E-state index contributed by atoms with van der Waals surface area (Å²) >= 11 is 0. The molecule has 0 amide bonds. The van der Waals surface area contributed by atoms with Crippen molar-refractivity contribution in [1.29, 1.82) is 0 Å². The van der Waals surface area contributed by atoms with E-state index >= 15 is 0 Å². The fraction of sp³-hybridized carbons (Fsp3) is 0.606. The molecule has 0 aromatic carbocycles. The highest BCUT2D eigenvalue weighted by atomic mass is 31.2. The number of carbonyl (C=O) groups is 2. The number of unbranched alkanes of at least 4 members (excludes halogenated alkanes) is 17. The molecular formula is C66H108NO8P. The van der Waals surface area contributed by atoms with Gasteiger partial charge >= 0.3 is 19.8 Å². The monoisotopic (exact) mass is 1070 g/mol. The molecule has 0 radical (unpaired) electrons. The van der Waals surface area contributed by atoms with E-state index in [1.165, 1.54) is 57.8 Å². The number of ether oxygens (including phenoxy) is 2. The number of esters is 2. The van der Waals surface area contributed by atoms with Gasteiger partial charge in [0.15, 0.2) is 6.10 Å². The molecule has 76 heavy (non-hydrogen) atoms. The third kappa shape index (κ3) is 59.1. The number of phosphoric acid groups is 1. The van der Waals surface area contributed by atoms with Gasteiger partial charge in [0.1, 0.15) is 6.61 Å². The molecule has 0 heterocycles.